The first-order valence-electron chi connectivity index (χ1n) is 11.0. The molecule has 0 aliphatic heterocycles. The topological polar surface area (TPSA) is 55.8 Å². The monoisotopic (exact) mass is 455 g/mol. The molecule has 0 N–H and O–H groups in total. The zero-order chi connectivity index (χ0) is 23.5. The lowest BCUT2D eigenvalue weighted by atomic mass is 10.1. The maximum atomic E-state index is 12.5. The summed E-state index contributed by atoms with van der Waals surface area (Å²) in [5.41, 5.74) is 2.93. The van der Waals surface area contributed by atoms with E-state index in [1.807, 2.05) is 57.2 Å². The molecule has 0 aliphatic carbocycles. The summed E-state index contributed by atoms with van der Waals surface area (Å²) in [6.07, 6.45) is 1.65. The number of carbonyl (C=O) groups is 2. The second-order valence-electron chi connectivity index (χ2n) is 7.26. The molecule has 0 aromatic heterocycles. The highest BCUT2D eigenvalue weighted by Crippen LogP contribution is 2.40. The minimum atomic E-state index is -0.408. The molecule has 1 unspecified atom stereocenters. The Morgan fingerprint density at radius 2 is 1.75 bits per heavy atom. The molecule has 0 aliphatic rings. The maximum absolute atomic E-state index is 12.5. The number of nitrogens with zero attached hydrogens (tertiary/aromatic N) is 1. The van der Waals surface area contributed by atoms with Crippen molar-refractivity contribution in [3.63, 3.8) is 0 Å². The minimum absolute atomic E-state index is 0.0161. The molecule has 0 spiro atoms. The fourth-order valence-corrected chi connectivity index (χ4v) is 4.24. The minimum Gasteiger partial charge on any atom is -0.481 e. The summed E-state index contributed by atoms with van der Waals surface area (Å²) in [4.78, 5) is 27.0. The molecular weight excluding hydrogens is 422 g/mol. The van der Waals surface area contributed by atoms with E-state index in [1.54, 1.807) is 29.7 Å². The van der Waals surface area contributed by atoms with E-state index in [-0.39, 0.29) is 17.8 Å². The van der Waals surface area contributed by atoms with Crippen molar-refractivity contribution in [3.05, 3.63) is 65.7 Å². The Balaban J connectivity index is 2.30. The number of benzene rings is 2. The summed E-state index contributed by atoms with van der Waals surface area (Å²) in [6, 6.07) is 16.1. The Morgan fingerprint density at radius 3 is 2.38 bits per heavy atom. The van der Waals surface area contributed by atoms with Gasteiger partial charge >= 0.3 is 5.97 Å². The van der Waals surface area contributed by atoms with Gasteiger partial charge in [0.2, 0.25) is 5.91 Å². The molecule has 2 rings (SSSR count). The van der Waals surface area contributed by atoms with Gasteiger partial charge in [0.25, 0.3) is 0 Å². The fourth-order valence-electron chi connectivity index (χ4n) is 3.18. The van der Waals surface area contributed by atoms with Gasteiger partial charge < -0.3 is 14.4 Å². The summed E-state index contributed by atoms with van der Waals surface area (Å²) in [7, 11) is 0. The molecular formula is C26H33NO4S. The first-order valence-corrected chi connectivity index (χ1v) is 11.9. The third-order valence-corrected chi connectivity index (χ3v) is 6.25. The molecule has 6 heteroatoms. The Bertz CT molecular complexity index is 923. The van der Waals surface area contributed by atoms with Crippen LogP contribution >= 0.6 is 11.8 Å². The molecule has 172 valence electrons. The van der Waals surface area contributed by atoms with Crippen molar-refractivity contribution in [3.8, 4) is 5.75 Å². The van der Waals surface area contributed by atoms with Crippen molar-refractivity contribution < 1.29 is 19.1 Å². The summed E-state index contributed by atoms with van der Waals surface area (Å²) in [6.45, 7) is 11.2. The van der Waals surface area contributed by atoms with Gasteiger partial charge in [0, 0.05) is 24.4 Å². The third-order valence-electron chi connectivity index (χ3n) is 5.04. The van der Waals surface area contributed by atoms with E-state index in [9.17, 15) is 9.59 Å². The summed E-state index contributed by atoms with van der Waals surface area (Å²) in [5, 5.41) is 0.202. The fraction of sp³-hybridized carbons (Fsp3) is 0.385. The molecule has 0 heterocycles. The van der Waals surface area contributed by atoms with Crippen LogP contribution in [0.25, 0.3) is 5.57 Å². The lowest BCUT2D eigenvalue weighted by Crippen LogP contribution is -2.28. The average Bonchev–Trinajstić information content (AvgIpc) is 2.79. The molecule has 0 saturated carbocycles. The smallest absolute Gasteiger partial charge is 0.344 e. The van der Waals surface area contributed by atoms with Gasteiger partial charge in [-0.2, -0.15) is 0 Å². The number of rotatable bonds is 11. The van der Waals surface area contributed by atoms with Gasteiger partial charge in [-0.25, -0.2) is 4.79 Å². The summed E-state index contributed by atoms with van der Waals surface area (Å²) >= 11 is 1.66. The molecule has 5 nitrogen and oxygen atoms in total. The number of hydrogen-bond donors (Lipinski definition) is 0. The van der Waals surface area contributed by atoms with Gasteiger partial charge in [0.1, 0.15) is 5.75 Å². The van der Waals surface area contributed by atoms with Crippen molar-refractivity contribution in [2.75, 3.05) is 26.3 Å². The zero-order valence-electron chi connectivity index (χ0n) is 19.6. The van der Waals surface area contributed by atoms with Crippen molar-refractivity contribution in [1.82, 2.24) is 4.90 Å². The van der Waals surface area contributed by atoms with Gasteiger partial charge in [-0.3, -0.25) is 4.79 Å². The molecule has 0 fully saturated rings. The molecule has 32 heavy (non-hydrogen) atoms. The second kappa shape index (κ2) is 13.0. The number of esters is 1. The van der Waals surface area contributed by atoms with Gasteiger partial charge in [-0.1, -0.05) is 36.4 Å². The number of thioether (sulfide) groups is 1. The van der Waals surface area contributed by atoms with Crippen molar-refractivity contribution in [2.45, 2.75) is 44.8 Å². The van der Waals surface area contributed by atoms with Gasteiger partial charge in [0.15, 0.2) is 6.61 Å². The van der Waals surface area contributed by atoms with Gasteiger partial charge in [-0.15, -0.1) is 11.8 Å². The standard InChI is InChI=1S/C26H33NO4S/c1-6-27(7-2)25(28)16-19(4)22-14-15-24(23(17-22)31-18-26(29)30-8-3)32-20(5)21-12-10-9-11-13-21/h9-17,20H,6-8,18H2,1-5H3/b19-16+. The van der Waals surface area contributed by atoms with E-state index >= 15 is 0 Å². The van der Waals surface area contributed by atoms with Crippen LogP contribution in [0.2, 0.25) is 0 Å². The number of amides is 1. The van der Waals surface area contributed by atoms with E-state index in [1.165, 1.54) is 5.56 Å². The lowest BCUT2D eigenvalue weighted by Gasteiger charge is -2.18. The number of allylic oxidation sites excluding steroid dienone is 1. The quantitative estimate of drug-likeness (QED) is 0.245. The van der Waals surface area contributed by atoms with E-state index in [0.717, 1.165) is 16.0 Å². The third kappa shape index (κ3) is 7.45. The van der Waals surface area contributed by atoms with Crippen LogP contribution in [0.15, 0.2) is 59.5 Å². The molecule has 1 amide bonds. The first kappa shape index (κ1) is 25.5. The predicted molar refractivity (Wildman–Crippen MR) is 131 cm³/mol. The lowest BCUT2D eigenvalue weighted by molar-refractivity contribution is -0.145. The van der Waals surface area contributed by atoms with Crippen LogP contribution in [-0.2, 0) is 14.3 Å². The molecule has 0 saturated heterocycles. The molecule has 2 aromatic rings. The summed E-state index contributed by atoms with van der Waals surface area (Å²) < 4.78 is 10.9. The zero-order valence-corrected chi connectivity index (χ0v) is 20.4. The van der Waals surface area contributed by atoms with E-state index in [0.29, 0.717) is 25.4 Å². The average molecular weight is 456 g/mol. The SMILES string of the molecule is CCOC(=O)COc1cc(/C(C)=C/C(=O)N(CC)CC)ccc1SC(C)c1ccccc1. The van der Waals surface area contributed by atoms with E-state index in [4.69, 9.17) is 9.47 Å². The van der Waals surface area contributed by atoms with E-state index < -0.39 is 5.97 Å². The molecule has 0 bridgehead atoms. The van der Waals surface area contributed by atoms with Gasteiger partial charge in [-0.05, 0) is 63.5 Å². The Labute approximate surface area is 195 Å². The van der Waals surface area contributed by atoms with Crippen LogP contribution in [0.1, 0.15) is 51.0 Å². The van der Waals surface area contributed by atoms with Crippen LogP contribution < -0.4 is 4.74 Å². The highest BCUT2D eigenvalue weighted by molar-refractivity contribution is 7.99. The number of ether oxygens (including phenoxy) is 2. The predicted octanol–water partition coefficient (Wildman–Crippen LogP) is 5.75. The second-order valence-corrected chi connectivity index (χ2v) is 8.65. The number of likely N-dealkylation sites (N-methyl/N-ethyl adjacent to an activating group) is 1. The first-order chi connectivity index (χ1) is 15.4. The Hall–Kier alpha value is -2.73. The number of carbonyl (C=O) groups excluding carboxylic acids is 2. The Kier molecular flexibility index (Phi) is 10.3. The van der Waals surface area contributed by atoms with Crippen LogP contribution in [-0.4, -0.2) is 43.1 Å². The number of hydrogen-bond acceptors (Lipinski definition) is 5. The van der Waals surface area contributed by atoms with Crippen LogP contribution in [0, 0.1) is 0 Å². The van der Waals surface area contributed by atoms with Crippen molar-refractivity contribution >= 4 is 29.2 Å². The van der Waals surface area contributed by atoms with Crippen molar-refractivity contribution in [1.29, 1.82) is 0 Å². The van der Waals surface area contributed by atoms with E-state index in [2.05, 4.69) is 19.1 Å². The van der Waals surface area contributed by atoms with Crippen LogP contribution in [0.4, 0.5) is 0 Å². The largest absolute Gasteiger partial charge is 0.481 e. The highest BCUT2D eigenvalue weighted by Gasteiger charge is 2.15. The molecule has 1 atom stereocenters. The van der Waals surface area contributed by atoms with Crippen molar-refractivity contribution in [2.24, 2.45) is 0 Å². The highest BCUT2D eigenvalue weighted by atomic mass is 32.2. The maximum Gasteiger partial charge on any atom is 0.344 e. The summed E-state index contributed by atoms with van der Waals surface area (Å²) in [5.74, 6) is 0.179. The van der Waals surface area contributed by atoms with Crippen LogP contribution in [0.5, 0.6) is 5.75 Å². The Morgan fingerprint density at radius 1 is 1.06 bits per heavy atom. The molecule has 2 aromatic carbocycles. The van der Waals surface area contributed by atoms with Gasteiger partial charge in [0.05, 0.1) is 11.5 Å². The van der Waals surface area contributed by atoms with Crippen LogP contribution in [0.3, 0.4) is 0 Å². The normalized spacial score (nSPS) is 12.2. The molecule has 0 radical (unpaired) electrons.